The molecule has 4 rings (SSSR count). The second-order valence-electron chi connectivity index (χ2n) is 5.54. The Morgan fingerprint density at radius 1 is 1.23 bits per heavy atom. The number of fused-ring (bicyclic) bond motifs is 2. The Bertz CT molecular complexity index is 1250. The third-order valence-corrected chi connectivity index (χ3v) is 6.28. The highest BCUT2D eigenvalue weighted by atomic mass is 79.9. The zero-order valence-electron chi connectivity index (χ0n) is 13.7. The van der Waals surface area contributed by atoms with Gasteiger partial charge in [0, 0.05) is 11.0 Å². The van der Waals surface area contributed by atoms with Crippen LogP contribution in [0.5, 0.6) is 0 Å². The molecular formula is C17H13BrN4O2S2. The van der Waals surface area contributed by atoms with E-state index in [2.05, 4.69) is 30.9 Å². The fraction of sp³-hybridized carbons (Fsp3) is 0.176. The monoisotopic (exact) mass is 448 g/mol. The van der Waals surface area contributed by atoms with Crippen LogP contribution in [0.1, 0.15) is 12.7 Å². The van der Waals surface area contributed by atoms with Gasteiger partial charge in [0.15, 0.2) is 5.16 Å². The highest BCUT2D eigenvalue weighted by Gasteiger charge is 2.12. The third kappa shape index (κ3) is 3.10. The molecule has 0 aliphatic rings. The van der Waals surface area contributed by atoms with Crippen molar-refractivity contribution in [3.63, 3.8) is 0 Å². The molecular weight excluding hydrogens is 436 g/mol. The average Bonchev–Trinajstić information content (AvgIpc) is 3.10. The molecule has 26 heavy (non-hydrogen) atoms. The van der Waals surface area contributed by atoms with E-state index < -0.39 is 0 Å². The number of aromatic nitrogens is 4. The van der Waals surface area contributed by atoms with Crippen LogP contribution in [0.2, 0.25) is 0 Å². The first-order valence-corrected chi connectivity index (χ1v) is 10.5. The Labute approximate surface area is 164 Å². The third-order valence-electron chi connectivity index (χ3n) is 3.90. The summed E-state index contributed by atoms with van der Waals surface area (Å²) in [5.74, 6) is 0.994. The van der Waals surface area contributed by atoms with Crippen LogP contribution in [0.25, 0.3) is 21.1 Å². The van der Waals surface area contributed by atoms with Crippen LogP contribution in [0.15, 0.2) is 48.9 Å². The number of H-pyrrole nitrogens is 1. The molecule has 0 spiro atoms. The number of benzene rings is 1. The van der Waals surface area contributed by atoms with Crippen molar-refractivity contribution in [1.82, 2.24) is 19.5 Å². The molecule has 4 aromatic rings. The number of aromatic amines is 1. The molecule has 1 N–H and O–H groups in total. The van der Waals surface area contributed by atoms with Crippen molar-refractivity contribution < 1.29 is 0 Å². The minimum absolute atomic E-state index is 0.0731. The fourth-order valence-corrected chi connectivity index (χ4v) is 4.70. The summed E-state index contributed by atoms with van der Waals surface area (Å²) in [6.07, 6.45) is 0. The summed E-state index contributed by atoms with van der Waals surface area (Å²) in [5, 5.41) is 3.04. The van der Waals surface area contributed by atoms with Gasteiger partial charge in [0.1, 0.15) is 10.5 Å². The Balaban J connectivity index is 1.73. The predicted molar refractivity (Wildman–Crippen MR) is 109 cm³/mol. The summed E-state index contributed by atoms with van der Waals surface area (Å²) in [7, 11) is 0. The minimum atomic E-state index is -0.134. The zero-order chi connectivity index (χ0) is 18.3. The molecule has 0 saturated carbocycles. The van der Waals surface area contributed by atoms with Crippen molar-refractivity contribution in [3.05, 3.63) is 60.7 Å². The fourth-order valence-electron chi connectivity index (χ4n) is 2.68. The van der Waals surface area contributed by atoms with Crippen molar-refractivity contribution in [2.45, 2.75) is 24.4 Å². The van der Waals surface area contributed by atoms with E-state index in [1.807, 2.05) is 30.5 Å². The number of rotatable bonds is 4. The van der Waals surface area contributed by atoms with Gasteiger partial charge in [0.2, 0.25) is 0 Å². The maximum Gasteiger partial charge on any atom is 0.268 e. The standard InChI is InChI=1S/C17H13BrN4O2S2/c1-2-22-16(24)10-7-9(18)3-4-11(10)20-17(22)26-8-13-19-12-5-6-25-14(12)15(23)21-13/h3-7H,2,8H2,1H3,(H,19,21,23). The van der Waals surface area contributed by atoms with Crippen molar-refractivity contribution in [3.8, 4) is 0 Å². The Kier molecular flexibility index (Phi) is 4.68. The zero-order valence-corrected chi connectivity index (χ0v) is 16.9. The number of halogens is 1. The lowest BCUT2D eigenvalue weighted by atomic mass is 10.2. The first-order chi connectivity index (χ1) is 12.6. The number of hydrogen-bond acceptors (Lipinski definition) is 6. The van der Waals surface area contributed by atoms with Gasteiger partial charge in [-0.15, -0.1) is 11.3 Å². The van der Waals surface area contributed by atoms with Crippen molar-refractivity contribution in [2.24, 2.45) is 0 Å². The van der Waals surface area contributed by atoms with Gasteiger partial charge in [-0.2, -0.15) is 0 Å². The van der Waals surface area contributed by atoms with E-state index in [9.17, 15) is 9.59 Å². The van der Waals surface area contributed by atoms with E-state index in [0.717, 1.165) is 4.47 Å². The molecule has 0 unspecified atom stereocenters. The van der Waals surface area contributed by atoms with Gasteiger partial charge in [-0.05, 0) is 36.6 Å². The summed E-state index contributed by atoms with van der Waals surface area (Å²) < 4.78 is 3.11. The summed E-state index contributed by atoms with van der Waals surface area (Å²) in [6.45, 7) is 2.43. The summed E-state index contributed by atoms with van der Waals surface area (Å²) in [4.78, 5) is 36.7. The van der Waals surface area contributed by atoms with Gasteiger partial charge in [-0.1, -0.05) is 27.7 Å². The molecule has 3 heterocycles. The molecule has 6 nitrogen and oxygen atoms in total. The molecule has 3 aromatic heterocycles. The van der Waals surface area contributed by atoms with Gasteiger partial charge in [-0.25, -0.2) is 9.97 Å². The molecule has 0 saturated heterocycles. The van der Waals surface area contributed by atoms with Gasteiger partial charge in [0.25, 0.3) is 11.1 Å². The number of hydrogen-bond donors (Lipinski definition) is 1. The Hall–Kier alpha value is -1.97. The SMILES string of the molecule is CCn1c(SCc2nc3ccsc3c(=O)[nH]2)nc2ccc(Br)cc2c1=O. The van der Waals surface area contributed by atoms with Crippen LogP contribution in [0.3, 0.4) is 0 Å². The quantitative estimate of drug-likeness (QED) is 0.379. The number of nitrogens with one attached hydrogen (secondary N) is 1. The number of thioether (sulfide) groups is 1. The van der Waals surface area contributed by atoms with Crippen LogP contribution >= 0.6 is 39.0 Å². The molecule has 0 fully saturated rings. The maximum atomic E-state index is 12.8. The van der Waals surface area contributed by atoms with E-state index in [1.54, 1.807) is 10.6 Å². The van der Waals surface area contributed by atoms with Crippen molar-refractivity contribution in [1.29, 1.82) is 0 Å². The second kappa shape index (κ2) is 6.98. The lowest BCUT2D eigenvalue weighted by Crippen LogP contribution is -2.22. The van der Waals surface area contributed by atoms with E-state index >= 15 is 0 Å². The normalized spacial score (nSPS) is 11.5. The van der Waals surface area contributed by atoms with E-state index in [0.29, 0.717) is 44.4 Å². The van der Waals surface area contributed by atoms with E-state index in [-0.39, 0.29) is 11.1 Å². The molecule has 0 amide bonds. The van der Waals surface area contributed by atoms with Gasteiger partial charge < -0.3 is 4.98 Å². The summed E-state index contributed by atoms with van der Waals surface area (Å²) in [6, 6.07) is 7.30. The molecule has 0 aliphatic carbocycles. The molecule has 0 atom stereocenters. The van der Waals surface area contributed by atoms with Crippen molar-refractivity contribution in [2.75, 3.05) is 0 Å². The van der Waals surface area contributed by atoms with Crippen LogP contribution in [-0.4, -0.2) is 19.5 Å². The lowest BCUT2D eigenvalue weighted by molar-refractivity contribution is 0.634. The van der Waals surface area contributed by atoms with Gasteiger partial charge >= 0.3 is 0 Å². The topological polar surface area (TPSA) is 80.6 Å². The van der Waals surface area contributed by atoms with Crippen LogP contribution in [0, 0.1) is 0 Å². The molecule has 0 aliphatic heterocycles. The highest BCUT2D eigenvalue weighted by molar-refractivity contribution is 9.10. The molecule has 1 aromatic carbocycles. The Morgan fingerprint density at radius 3 is 2.88 bits per heavy atom. The predicted octanol–water partition coefficient (Wildman–Crippen LogP) is 3.77. The number of nitrogens with zero attached hydrogens (tertiary/aromatic N) is 3. The molecule has 0 bridgehead atoms. The smallest absolute Gasteiger partial charge is 0.268 e. The van der Waals surface area contributed by atoms with E-state index in [1.165, 1.54) is 23.1 Å². The van der Waals surface area contributed by atoms with Crippen molar-refractivity contribution >= 4 is 60.1 Å². The average molecular weight is 449 g/mol. The molecule has 132 valence electrons. The minimum Gasteiger partial charge on any atom is -0.309 e. The summed E-state index contributed by atoms with van der Waals surface area (Å²) >= 11 is 6.16. The van der Waals surface area contributed by atoms with Crippen LogP contribution < -0.4 is 11.1 Å². The highest BCUT2D eigenvalue weighted by Crippen LogP contribution is 2.23. The first-order valence-electron chi connectivity index (χ1n) is 7.86. The van der Waals surface area contributed by atoms with Gasteiger partial charge in [-0.3, -0.25) is 14.2 Å². The molecule has 0 radical (unpaired) electrons. The molecule has 9 heteroatoms. The Morgan fingerprint density at radius 2 is 2.08 bits per heavy atom. The maximum absolute atomic E-state index is 12.8. The second-order valence-corrected chi connectivity index (χ2v) is 8.32. The van der Waals surface area contributed by atoms with Gasteiger partial charge in [0.05, 0.1) is 22.2 Å². The van der Waals surface area contributed by atoms with E-state index in [4.69, 9.17) is 0 Å². The summed E-state index contributed by atoms with van der Waals surface area (Å²) in [5.41, 5.74) is 1.14. The van der Waals surface area contributed by atoms with Crippen LogP contribution in [0.4, 0.5) is 0 Å². The number of thiophene rings is 1. The largest absolute Gasteiger partial charge is 0.309 e. The lowest BCUT2D eigenvalue weighted by Gasteiger charge is -2.11. The first kappa shape index (κ1) is 17.4. The van der Waals surface area contributed by atoms with Crippen LogP contribution in [-0.2, 0) is 12.3 Å².